The van der Waals surface area contributed by atoms with Gasteiger partial charge in [0, 0.05) is 24.4 Å². The largest absolute Gasteiger partial charge is 0.460 e. The van der Waals surface area contributed by atoms with Crippen LogP contribution in [0.5, 0.6) is 0 Å². The summed E-state index contributed by atoms with van der Waals surface area (Å²) in [5, 5.41) is 0. The number of furan rings is 1. The van der Waals surface area contributed by atoms with Crippen LogP contribution in [0.4, 0.5) is 10.1 Å². The van der Waals surface area contributed by atoms with Gasteiger partial charge in [0.05, 0.1) is 11.1 Å². The Bertz CT molecular complexity index is 936. The fraction of sp³-hybridized carbons (Fsp3) is 0.278. The molecular weight excluding hydrogens is 295 g/mol. The Balaban J connectivity index is 1.90. The van der Waals surface area contributed by atoms with Gasteiger partial charge in [-0.3, -0.25) is 9.69 Å². The van der Waals surface area contributed by atoms with E-state index in [4.69, 9.17) is 4.42 Å². The molecule has 0 saturated carbocycles. The molecule has 0 aliphatic carbocycles. The first-order valence-electron chi connectivity index (χ1n) is 7.57. The van der Waals surface area contributed by atoms with Crippen LogP contribution in [0, 0.1) is 12.7 Å². The monoisotopic (exact) mass is 312 g/mol. The molecule has 1 amide bonds. The van der Waals surface area contributed by atoms with E-state index in [1.54, 1.807) is 23.1 Å². The van der Waals surface area contributed by atoms with Gasteiger partial charge in [0.2, 0.25) is 0 Å². The van der Waals surface area contributed by atoms with Gasteiger partial charge in [-0.2, -0.15) is 0 Å². The van der Waals surface area contributed by atoms with Crippen molar-refractivity contribution in [3.8, 4) is 0 Å². The quantitative estimate of drug-likeness (QED) is 0.678. The number of aromatic nitrogens is 1. The Labute approximate surface area is 133 Å². The van der Waals surface area contributed by atoms with E-state index >= 15 is 0 Å². The van der Waals surface area contributed by atoms with Crippen molar-refractivity contribution in [3.63, 3.8) is 0 Å². The number of anilines is 1. The van der Waals surface area contributed by atoms with Crippen molar-refractivity contribution < 1.29 is 13.6 Å². The second kappa shape index (κ2) is 4.47. The van der Waals surface area contributed by atoms with Crippen molar-refractivity contribution >= 4 is 22.7 Å². The molecule has 4 nitrogen and oxygen atoms in total. The minimum atomic E-state index is -0.477. The maximum Gasteiger partial charge on any atom is 0.275 e. The van der Waals surface area contributed by atoms with Crippen molar-refractivity contribution in [2.24, 2.45) is 0 Å². The summed E-state index contributed by atoms with van der Waals surface area (Å²) in [5.41, 5.74) is 2.30. The van der Waals surface area contributed by atoms with Gasteiger partial charge in [-0.05, 0) is 39.0 Å². The average Bonchev–Trinajstić information content (AvgIpc) is 2.96. The molecule has 5 heteroatoms. The van der Waals surface area contributed by atoms with E-state index in [-0.39, 0.29) is 11.7 Å². The number of benzene rings is 1. The topological polar surface area (TPSA) is 38.4 Å². The highest BCUT2D eigenvalue weighted by Gasteiger charge is 2.40. The van der Waals surface area contributed by atoms with Crippen LogP contribution in [-0.4, -0.2) is 16.0 Å². The first kappa shape index (κ1) is 14.1. The molecular formula is C18H17FN2O2. The summed E-state index contributed by atoms with van der Waals surface area (Å²) in [5.74, 6) is 0.329. The molecule has 0 spiro atoms. The minimum absolute atomic E-state index is 0.143. The average molecular weight is 312 g/mol. The molecule has 0 atom stereocenters. The lowest BCUT2D eigenvalue weighted by Crippen LogP contribution is -2.55. The van der Waals surface area contributed by atoms with Crippen molar-refractivity contribution in [2.75, 3.05) is 4.90 Å². The van der Waals surface area contributed by atoms with Gasteiger partial charge in [0.25, 0.3) is 5.91 Å². The van der Waals surface area contributed by atoms with Gasteiger partial charge in [-0.1, -0.05) is 6.07 Å². The van der Waals surface area contributed by atoms with Crippen LogP contribution in [0.2, 0.25) is 0 Å². The number of fused-ring (bicyclic) bond motifs is 3. The van der Waals surface area contributed by atoms with E-state index in [1.165, 1.54) is 12.1 Å². The lowest BCUT2D eigenvalue weighted by atomic mass is 9.97. The molecule has 0 radical (unpaired) electrons. The van der Waals surface area contributed by atoms with E-state index < -0.39 is 5.54 Å². The van der Waals surface area contributed by atoms with Crippen molar-refractivity contribution in [3.05, 3.63) is 53.7 Å². The highest BCUT2D eigenvalue weighted by atomic mass is 19.1. The number of hydrogen-bond donors (Lipinski definition) is 0. The zero-order valence-corrected chi connectivity index (χ0v) is 13.3. The highest BCUT2D eigenvalue weighted by molar-refractivity contribution is 6.09. The van der Waals surface area contributed by atoms with Gasteiger partial charge in [-0.15, -0.1) is 0 Å². The van der Waals surface area contributed by atoms with E-state index in [1.807, 2.05) is 31.4 Å². The maximum atomic E-state index is 13.6. The third-order valence-corrected chi connectivity index (χ3v) is 4.35. The molecule has 23 heavy (non-hydrogen) atoms. The van der Waals surface area contributed by atoms with Gasteiger partial charge < -0.3 is 8.98 Å². The third kappa shape index (κ3) is 2.00. The van der Waals surface area contributed by atoms with Crippen molar-refractivity contribution in [1.29, 1.82) is 0 Å². The van der Waals surface area contributed by atoms with Gasteiger partial charge in [0.15, 0.2) is 5.58 Å². The van der Waals surface area contributed by atoms with Crippen molar-refractivity contribution in [2.45, 2.75) is 32.9 Å². The summed E-state index contributed by atoms with van der Waals surface area (Å²) in [7, 11) is 0. The molecule has 2 aromatic heterocycles. The second-order valence-electron chi connectivity index (χ2n) is 6.66. The predicted molar refractivity (Wildman–Crippen MR) is 86.2 cm³/mol. The standard InChI is InChI=1S/C18H17FN2O2/c1-11-7-14-16(23-11)9-15-17(22)21(18(2,3)10-20(14)15)13-6-4-5-12(19)8-13/h4-9H,10H2,1-3H3. The number of carbonyl (C=O) groups excluding carboxylic acids is 1. The van der Waals surface area contributed by atoms with E-state index in [9.17, 15) is 9.18 Å². The first-order valence-corrected chi connectivity index (χ1v) is 7.57. The summed E-state index contributed by atoms with van der Waals surface area (Å²) in [6.07, 6.45) is 0. The number of rotatable bonds is 1. The molecule has 1 aliphatic heterocycles. The molecule has 3 aromatic rings. The van der Waals surface area contributed by atoms with E-state index in [0.29, 0.717) is 23.5 Å². The summed E-state index contributed by atoms with van der Waals surface area (Å²) >= 11 is 0. The number of nitrogens with zero attached hydrogens (tertiary/aromatic N) is 2. The molecule has 3 heterocycles. The fourth-order valence-electron chi connectivity index (χ4n) is 3.44. The lowest BCUT2D eigenvalue weighted by Gasteiger charge is -2.43. The van der Waals surface area contributed by atoms with Crippen LogP contribution in [-0.2, 0) is 6.54 Å². The van der Waals surface area contributed by atoms with Crippen molar-refractivity contribution in [1.82, 2.24) is 4.57 Å². The SMILES string of the molecule is Cc1cc2c(cc3n2CC(C)(C)N(c2cccc(F)c2)C3=O)o1. The van der Waals surface area contributed by atoms with Crippen LogP contribution in [0.15, 0.2) is 40.8 Å². The molecule has 0 unspecified atom stereocenters. The second-order valence-corrected chi connectivity index (χ2v) is 6.66. The zero-order valence-electron chi connectivity index (χ0n) is 13.3. The molecule has 1 aliphatic rings. The zero-order chi connectivity index (χ0) is 16.4. The molecule has 1 aromatic carbocycles. The smallest absolute Gasteiger partial charge is 0.275 e. The van der Waals surface area contributed by atoms with Gasteiger partial charge >= 0.3 is 0 Å². The predicted octanol–water partition coefficient (Wildman–Crippen LogP) is 4.12. The van der Waals surface area contributed by atoms with Crippen LogP contribution >= 0.6 is 0 Å². The Kier molecular flexibility index (Phi) is 2.73. The summed E-state index contributed by atoms with van der Waals surface area (Å²) in [4.78, 5) is 14.7. The lowest BCUT2D eigenvalue weighted by molar-refractivity contribution is 0.0924. The number of hydrogen-bond acceptors (Lipinski definition) is 2. The van der Waals surface area contributed by atoms with Gasteiger partial charge in [0.1, 0.15) is 17.3 Å². The van der Waals surface area contributed by atoms with E-state index in [0.717, 1.165) is 11.3 Å². The third-order valence-electron chi connectivity index (χ3n) is 4.35. The van der Waals surface area contributed by atoms with Gasteiger partial charge in [-0.25, -0.2) is 4.39 Å². The summed E-state index contributed by atoms with van der Waals surface area (Å²) in [6.45, 7) is 6.48. The van der Waals surface area contributed by atoms with E-state index in [2.05, 4.69) is 0 Å². The Morgan fingerprint density at radius 3 is 2.74 bits per heavy atom. The number of amides is 1. The molecule has 118 valence electrons. The highest BCUT2D eigenvalue weighted by Crippen LogP contribution is 2.36. The van der Waals surface area contributed by atoms with Crippen LogP contribution in [0.1, 0.15) is 30.1 Å². The van der Waals surface area contributed by atoms with Crippen LogP contribution < -0.4 is 4.90 Å². The normalized spacial score (nSPS) is 16.9. The molecule has 0 bridgehead atoms. The first-order chi connectivity index (χ1) is 10.9. The van der Waals surface area contributed by atoms with Crippen LogP contribution in [0.3, 0.4) is 0 Å². The number of halogens is 1. The fourth-order valence-corrected chi connectivity index (χ4v) is 3.44. The Morgan fingerprint density at radius 2 is 2.00 bits per heavy atom. The Morgan fingerprint density at radius 1 is 1.22 bits per heavy atom. The molecule has 0 fully saturated rings. The Hall–Kier alpha value is -2.56. The molecule has 0 N–H and O–H groups in total. The van der Waals surface area contributed by atoms with Crippen LogP contribution in [0.25, 0.3) is 11.1 Å². The number of carbonyl (C=O) groups is 1. The maximum absolute atomic E-state index is 13.6. The summed E-state index contributed by atoms with van der Waals surface area (Å²) in [6, 6.07) is 9.87. The molecule has 0 saturated heterocycles. The number of aryl methyl sites for hydroxylation is 1. The molecule has 4 rings (SSSR count). The summed E-state index contributed by atoms with van der Waals surface area (Å²) < 4.78 is 21.2. The minimum Gasteiger partial charge on any atom is -0.460 e.